The van der Waals surface area contributed by atoms with E-state index >= 15 is 0 Å². The summed E-state index contributed by atoms with van der Waals surface area (Å²) in [6.07, 6.45) is -0.245. The molecule has 1 aliphatic heterocycles. The Labute approximate surface area is 150 Å². The number of benzene rings is 2. The van der Waals surface area contributed by atoms with Crippen molar-refractivity contribution in [1.82, 2.24) is 0 Å². The maximum absolute atomic E-state index is 13.1. The summed E-state index contributed by atoms with van der Waals surface area (Å²) >= 11 is 0. The molecule has 0 saturated carbocycles. The molecule has 1 saturated heterocycles. The number of ether oxygens (including phenoxy) is 1. The van der Waals surface area contributed by atoms with E-state index in [0.717, 1.165) is 12.0 Å². The highest BCUT2D eigenvalue weighted by Crippen LogP contribution is 2.41. The molecule has 6 heteroatoms. The van der Waals surface area contributed by atoms with Gasteiger partial charge in [0.25, 0.3) is 0 Å². The Bertz CT molecular complexity index is 889. The summed E-state index contributed by atoms with van der Waals surface area (Å²) in [5.41, 5.74) is -1.14. The molecule has 1 aliphatic rings. The van der Waals surface area contributed by atoms with Crippen LogP contribution in [0, 0.1) is 17.2 Å². The van der Waals surface area contributed by atoms with Crippen molar-refractivity contribution in [2.75, 3.05) is 12.0 Å². The molecule has 6 nitrogen and oxygen atoms in total. The van der Waals surface area contributed by atoms with E-state index in [1.807, 2.05) is 6.07 Å². The molecule has 1 fully saturated rings. The van der Waals surface area contributed by atoms with Crippen molar-refractivity contribution in [2.45, 2.75) is 11.8 Å². The largest absolute Gasteiger partial charge is 0.468 e. The van der Waals surface area contributed by atoms with E-state index in [0.29, 0.717) is 11.3 Å². The van der Waals surface area contributed by atoms with Crippen LogP contribution in [0.2, 0.25) is 0 Å². The lowest BCUT2D eigenvalue weighted by molar-refractivity contribution is -0.149. The molecular weight excluding hydrogens is 332 g/mol. The fraction of sp³-hybridized carbons (Fsp3) is 0.200. The third-order valence-corrected chi connectivity index (χ3v) is 4.60. The zero-order valence-electron chi connectivity index (χ0n) is 14.1. The van der Waals surface area contributed by atoms with Crippen molar-refractivity contribution in [3.8, 4) is 6.07 Å². The molecule has 2 aromatic rings. The van der Waals surface area contributed by atoms with Crippen molar-refractivity contribution in [1.29, 1.82) is 5.26 Å². The number of carbonyl (C=O) groups excluding carboxylic acids is 3. The Morgan fingerprint density at radius 1 is 1.12 bits per heavy atom. The molecule has 1 heterocycles. The van der Waals surface area contributed by atoms with Crippen LogP contribution in [0.1, 0.15) is 12.0 Å². The molecule has 0 N–H and O–H groups in total. The molecule has 0 aromatic heterocycles. The minimum absolute atomic E-state index is 0.245. The number of para-hydroxylation sites is 1. The Morgan fingerprint density at radius 3 is 2.23 bits per heavy atom. The maximum Gasteiger partial charge on any atom is 0.331 e. The van der Waals surface area contributed by atoms with E-state index in [1.54, 1.807) is 60.7 Å². The van der Waals surface area contributed by atoms with Gasteiger partial charge in [-0.2, -0.15) is 5.26 Å². The predicted molar refractivity (Wildman–Crippen MR) is 92.8 cm³/mol. The Balaban J connectivity index is 2.12. The van der Waals surface area contributed by atoms with Gasteiger partial charge in [-0.15, -0.1) is 0 Å². The number of esters is 1. The van der Waals surface area contributed by atoms with Gasteiger partial charge in [-0.05, 0) is 17.7 Å². The summed E-state index contributed by atoms with van der Waals surface area (Å²) in [4.78, 5) is 39.3. The lowest BCUT2D eigenvalue weighted by atomic mass is 9.70. The molecule has 0 spiro atoms. The van der Waals surface area contributed by atoms with Crippen LogP contribution >= 0.6 is 0 Å². The topological polar surface area (TPSA) is 87.5 Å². The molecule has 2 atom stereocenters. The number of methoxy groups -OCH3 is 1. The van der Waals surface area contributed by atoms with Crippen LogP contribution < -0.4 is 4.90 Å². The van der Waals surface area contributed by atoms with Gasteiger partial charge >= 0.3 is 5.97 Å². The fourth-order valence-electron chi connectivity index (χ4n) is 3.33. The van der Waals surface area contributed by atoms with Crippen molar-refractivity contribution >= 4 is 23.5 Å². The van der Waals surface area contributed by atoms with Gasteiger partial charge in [0.05, 0.1) is 24.8 Å². The van der Waals surface area contributed by atoms with Gasteiger partial charge in [0.1, 0.15) is 0 Å². The second kappa shape index (κ2) is 6.81. The van der Waals surface area contributed by atoms with E-state index in [1.165, 1.54) is 0 Å². The number of anilines is 1. The molecule has 0 aliphatic carbocycles. The van der Waals surface area contributed by atoms with Crippen LogP contribution in [0.25, 0.3) is 0 Å². The van der Waals surface area contributed by atoms with Crippen molar-refractivity contribution in [3.05, 3.63) is 66.2 Å². The smallest absolute Gasteiger partial charge is 0.331 e. The molecule has 130 valence electrons. The summed E-state index contributed by atoms with van der Waals surface area (Å²) in [5.74, 6) is -3.05. The number of hydrogen-bond donors (Lipinski definition) is 0. The molecule has 2 amide bonds. The van der Waals surface area contributed by atoms with Crippen LogP contribution in [0.15, 0.2) is 60.7 Å². The summed E-state index contributed by atoms with van der Waals surface area (Å²) in [7, 11) is 1.16. The first-order valence-corrected chi connectivity index (χ1v) is 8.03. The van der Waals surface area contributed by atoms with Crippen molar-refractivity contribution in [3.63, 3.8) is 0 Å². The number of hydrogen-bond acceptors (Lipinski definition) is 5. The van der Waals surface area contributed by atoms with Crippen molar-refractivity contribution in [2.24, 2.45) is 5.92 Å². The van der Waals surface area contributed by atoms with E-state index in [4.69, 9.17) is 4.74 Å². The molecule has 2 aromatic carbocycles. The van der Waals surface area contributed by atoms with Gasteiger partial charge in [0.2, 0.25) is 11.8 Å². The maximum atomic E-state index is 13.1. The highest BCUT2D eigenvalue weighted by molar-refractivity contribution is 6.22. The molecule has 0 unspecified atom stereocenters. The average molecular weight is 348 g/mol. The highest BCUT2D eigenvalue weighted by Gasteiger charge is 2.58. The number of rotatable bonds is 4. The summed E-state index contributed by atoms with van der Waals surface area (Å²) in [6, 6.07) is 18.7. The van der Waals surface area contributed by atoms with Gasteiger partial charge in [-0.25, -0.2) is 4.79 Å². The molecule has 0 bridgehead atoms. The molecular formula is C20H16N2O4. The minimum Gasteiger partial charge on any atom is -0.468 e. The van der Waals surface area contributed by atoms with Gasteiger partial charge in [-0.1, -0.05) is 48.5 Å². The van der Waals surface area contributed by atoms with E-state index in [2.05, 4.69) is 0 Å². The number of amides is 2. The minimum atomic E-state index is -1.88. The standard InChI is InChI=1S/C20H16N2O4/c1-26-19(25)20(13-21,14-8-4-2-5-9-14)16-12-17(23)22(18(16)24)15-10-6-3-7-11-15/h2-11,16H,12H2,1H3/t16-,20-/m1/s1. The summed E-state index contributed by atoms with van der Waals surface area (Å²) in [5, 5.41) is 9.92. The van der Waals surface area contributed by atoms with Crippen molar-refractivity contribution < 1.29 is 19.1 Å². The quantitative estimate of drug-likeness (QED) is 0.624. The SMILES string of the molecule is COC(=O)[C@](C#N)(c1ccccc1)[C@@H]1CC(=O)N(c2ccccc2)C1=O. The third kappa shape index (κ3) is 2.54. The monoisotopic (exact) mass is 348 g/mol. The molecule has 26 heavy (non-hydrogen) atoms. The third-order valence-electron chi connectivity index (χ3n) is 4.60. The second-order valence-electron chi connectivity index (χ2n) is 5.94. The van der Waals surface area contributed by atoms with Gasteiger partial charge in [-0.3, -0.25) is 14.5 Å². The number of nitriles is 1. The van der Waals surface area contributed by atoms with E-state index in [9.17, 15) is 19.6 Å². The van der Waals surface area contributed by atoms with Gasteiger partial charge in [0.15, 0.2) is 5.41 Å². The molecule has 3 rings (SSSR count). The van der Waals surface area contributed by atoms with E-state index in [-0.39, 0.29) is 6.42 Å². The first kappa shape index (κ1) is 17.4. The van der Waals surface area contributed by atoms with Crippen LogP contribution in [0.3, 0.4) is 0 Å². The normalized spacial score (nSPS) is 18.9. The van der Waals surface area contributed by atoms with Crippen LogP contribution in [-0.4, -0.2) is 24.9 Å². The highest BCUT2D eigenvalue weighted by atomic mass is 16.5. The number of imide groups is 1. The lowest BCUT2D eigenvalue weighted by Gasteiger charge is -2.28. The average Bonchev–Trinajstić information content (AvgIpc) is 2.98. The Kier molecular flexibility index (Phi) is 4.55. The van der Waals surface area contributed by atoms with Gasteiger partial charge in [0, 0.05) is 6.42 Å². The summed E-state index contributed by atoms with van der Waals surface area (Å²) in [6.45, 7) is 0. The lowest BCUT2D eigenvalue weighted by Crippen LogP contribution is -2.46. The zero-order valence-corrected chi connectivity index (χ0v) is 14.1. The first-order chi connectivity index (χ1) is 12.6. The number of nitrogens with zero attached hydrogens (tertiary/aromatic N) is 2. The van der Waals surface area contributed by atoms with E-state index < -0.39 is 29.1 Å². The van der Waals surface area contributed by atoms with Crippen LogP contribution in [0.5, 0.6) is 0 Å². The first-order valence-electron chi connectivity index (χ1n) is 8.03. The van der Waals surface area contributed by atoms with Gasteiger partial charge < -0.3 is 4.74 Å². The Morgan fingerprint density at radius 2 is 1.69 bits per heavy atom. The zero-order chi connectivity index (χ0) is 18.7. The second-order valence-corrected chi connectivity index (χ2v) is 5.94. The van der Waals surface area contributed by atoms with Crippen LogP contribution in [0.4, 0.5) is 5.69 Å². The fourth-order valence-corrected chi connectivity index (χ4v) is 3.33. The summed E-state index contributed by atoms with van der Waals surface area (Å²) < 4.78 is 4.85. The predicted octanol–water partition coefficient (Wildman–Crippen LogP) is 2.20. The molecule has 0 radical (unpaired) electrons. The van der Waals surface area contributed by atoms with Crippen LogP contribution in [-0.2, 0) is 24.5 Å². The Hall–Kier alpha value is -3.46. The number of carbonyl (C=O) groups is 3.